The number of piperidine rings is 1. The van der Waals surface area contributed by atoms with E-state index in [1.165, 1.54) is 16.0 Å². The van der Waals surface area contributed by atoms with E-state index in [4.69, 9.17) is 32.7 Å². The van der Waals surface area contributed by atoms with Crippen LogP contribution in [-0.4, -0.2) is 106 Å². The molecule has 2 heterocycles. The van der Waals surface area contributed by atoms with Crippen LogP contribution >= 0.6 is 23.2 Å². The Labute approximate surface area is 338 Å². The Morgan fingerprint density at radius 1 is 0.947 bits per heavy atom. The van der Waals surface area contributed by atoms with E-state index < -0.39 is 40.6 Å². The minimum Gasteiger partial charge on any atom is -0.367 e. The van der Waals surface area contributed by atoms with Crippen LogP contribution in [-0.2, 0) is 44.1 Å². The van der Waals surface area contributed by atoms with Crippen molar-refractivity contribution in [2.45, 2.75) is 61.6 Å². The standard InChI is InChI=1S/C41H46Cl2F6N4O4/c1-50-13-5-14-51(2)36(54)25-56-35-22-27-6-3-4-7-32(27)38(35)10-15-52(16-11-38)17-12-39(29-8-9-33(42)34(43)24-29)26-53(18-19-57-39)37(55)28-20-30(40(44,45)46)23-31(21-28)41(47,48)49/h3-4,6-9,20-21,23-24,35,50H,5,10-19,22,25-26H2,1-2H3/t35-,39-/m0/s1. The van der Waals surface area contributed by atoms with Gasteiger partial charge in [-0.05, 0) is 106 Å². The second-order valence-corrected chi connectivity index (χ2v) is 16.0. The third-order valence-corrected chi connectivity index (χ3v) is 12.4. The summed E-state index contributed by atoms with van der Waals surface area (Å²) in [6.45, 7) is 3.02. The number of carbonyl (C=O) groups is 2. The molecule has 0 saturated carbocycles. The normalized spacial score (nSPS) is 21.2. The number of nitrogens with one attached hydrogen (secondary N) is 1. The van der Waals surface area contributed by atoms with Crippen LogP contribution < -0.4 is 5.32 Å². The van der Waals surface area contributed by atoms with E-state index in [0.717, 1.165) is 25.8 Å². The van der Waals surface area contributed by atoms with Gasteiger partial charge in [0.1, 0.15) is 12.2 Å². The molecule has 8 nitrogen and oxygen atoms in total. The van der Waals surface area contributed by atoms with Gasteiger partial charge in [-0.1, -0.05) is 53.5 Å². The molecule has 6 rings (SSSR count). The van der Waals surface area contributed by atoms with Gasteiger partial charge < -0.3 is 29.5 Å². The number of likely N-dealkylation sites (tertiary alicyclic amines) is 1. The number of carbonyl (C=O) groups excluding carboxylic acids is 2. The Kier molecular flexibility index (Phi) is 13.2. The molecular weight excluding hydrogens is 797 g/mol. The maximum Gasteiger partial charge on any atom is 0.416 e. The van der Waals surface area contributed by atoms with Crippen molar-refractivity contribution in [2.75, 3.05) is 73.1 Å². The number of amides is 2. The summed E-state index contributed by atoms with van der Waals surface area (Å²) in [6.07, 6.45) is -7.05. The van der Waals surface area contributed by atoms with Crippen molar-refractivity contribution in [3.8, 4) is 0 Å². The molecule has 3 aromatic rings. The molecule has 2 aliphatic heterocycles. The van der Waals surface area contributed by atoms with E-state index in [1.54, 1.807) is 30.1 Å². The van der Waals surface area contributed by atoms with E-state index in [0.29, 0.717) is 56.7 Å². The first-order valence-corrected chi connectivity index (χ1v) is 19.7. The first-order chi connectivity index (χ1) is 27.0. The lowest BCUT2D eigenvalue weighted by atomic mass is 9.72. The van der Waals surface area contributed by atoms with Gasteiger partial charge in [-0.15, -0.1) is 0 Å². The summed E-state index contributed by atoms with van der Waals surface area (Å²) in [5.41, 5.74) is -2.37. The summed E-state index contributed by atoms with van der Waals surface area (Å²) in [6, 6.07) is 14.1. The maximum atomic E-state index is 13.8. The third-order valence-electron chi connectivity index (χ3n) is 11.7. The van der Waals surface area contributed by atoms with Gasteiger partial charge in [0.25, 0.3) is 5.91 Å². The minimum absolute atomic E-state index is 0.00315. The van der Waals surface area contributed by atoms with Gasteiger partial charge in [0.2, 0.25) is 5.91 Å². The van der Waals surface area contributed by atoms with E-state index >= 15 is 0 Å². The quantitative estimate of drug-likeness (QED) is 0.148. The van der Waals surface area contributed by atoms with Crippen molar-refractivity contribution in [3.05, 3.63) is 104 Å². The Morgan fingerprint density at radius 2 is 1.63 bits per heavy atom. The first kappa shape index (κ1) is 43.2. The summed E-state index contributed by atoms with van der Waals surface area (Å²) in [7, 11) is 3.65. The fourth-order valence-corrected chi connectivity index (χ4v) is 8.74. The van der Waals surface area contributed by atoms with Crippen molar-refractivity contribution < 1.29 is 45.4 Å². The number of halogens is 8. The zero-order chi connectivity index (χ0) is 41.2. The van der Waals surface area contributed by atoms with Crippen LogP contribution in [0.5, 0.6) is 0 Å². The highest BCUT2D eigenvalue weighted by molar-refractivity contribution is 6.42. The lowest BCUT2D eigenvalue weighted by Crippen LogP contribution is -2.54. The Balaban J connectivity index is 1.20. The highest BCUT2D eigenvalue weighted by atomic mass is 35.5. The SMILES string of the molecule is CNCCCN(C)C(=O)CO[C@H]1Cc2ccccc2C12CCN(CC[C@@]1(c3ccc(Cl)c(Cl)c3)CN(C(=O)c3cc(C(F)(F)F)cc(C(F)(F)F)c3)CCO1)CC2. The van der Waals surface area contributed by atoms with Crippen molar-refractivity contribution in [1.29, 1.82) is 0 Å². The van der Waals surface area contributed by atoms with Crippen LogP contribution in [0.3, 0.4) is 0 Å². The topological polar surface area (TPSA) is 74.4 Å². The molecule has 1 spiro atoms. The molecule has 2 atom stereocenters. The van der Waals surface area contributed by atoms with Gasteiger partial charge in [0, 0.05) is 37.7 Å². The smallest absolute Gasteiger partial charge is 0.367 e. The first-order valence-electron chi connectivity index (χ1n) is 18.9. The molecule has 0 bridgehead atoms. The zero-order valence-corrected chi connectivity index (χ0v) is 33.3. The number of hydrogen-bond acceptors (Lipinski definition) is 6. The summed E-state index contributed by atoms with van der Waals surface area (Å²) in [4.78, 5) is 32.0. The number of ether oxygens (including phenoxy) is 2. The molecule has 310 valence electrons. The van der Waals surface area contributed by atoms with Gasteiger partial charge in [-0.3, -0.25) is 9.59 Å². The molecule has 3 aliphatic rings. The third kappa shape index (κ3) is 9.57. The van der Waals surface area contributed by atoms with E-state index in [9.17, 15) is 35.9 Å². The average Bonchev–Trinajstić information content (AvgIpc) is 3.48. The van der Waals surface area contributed by atoms with Gasteiger partial charge in [-0.25, -0.2) is 0 Å². The lowest BCUT2D eigenvalue weighted by Gasteiger charge is -2.46. The molecule has 1 N–H and O–H groups in total. The van der Waals surface area contributed by atoms with Crippen molar-refractivity contribution >= 4 is 35.0 Å². The van der Waals surface area contributed by atoms with Crippen LogP contribution in [0, 0.1) is 0 Å². The second kappa shape index (κ2) is 17.4. The van der Waals surface area contributed by atoms with Crippen LogP contribution in [0.2, 0.25) is 10.0 Å². The molecule has 16 heteroatoms. The molecule has 2 fully saturated rings. The van der Waals surface area contributed by atoms with Crippen LogP contribution in [0.1, 0.15) is 63.9 Å². The fourth-order valence-electron chi connectivity index (χ4n) is 8.44. The van der Waals surface area contributed by atoms with E-state index in [2.05, 4.69) is 22.3 Å². The molecule has 3 aromatic carbocycles. The van der Waals surface area contributed by atoms with Gasteiger partial charge in [0.15, 0.2) is 0 Å². The fraction of sp³-hybridized carbons (Fsp3) is 0.512. The number of nitrogens with zero attached hydrogens (tertiary/aromatic N) is 3. The highest BCUT2D eigenvalue weighted by Crippen LogP contribution is 2.48. The van der Waals surface area contributed by atoms with Crippen molar-refractivity contribution in [2.24, 2.45) is 0 Å². The number of morpholine rings is 1. The average molecular weight is 844 g/mol. The summed E-state index contributed by atoms with van der Waals surface area (Å²) >= 11 is 12.7. The predicted octanol–water partition coefficient (Wildman–Crippen LogP) is 7.83. The Hall–Kier alpha value is -3.40. The Bertz CT molecular complexity index is 1890. The van der Waals surface area contributed by atoms with Crippen LogP contribution in [0.15, 0.2) is 60.7 Å². The largest absolute Gasteiger partial charge is 0.416 e. The number of fused-ring (bicyclic) bond motifs is 2. The zero-order valence-electron chi connectivity index (χ0n) is 31.7. The van der Waals surface area contributed by atoms with E-state index in [-0.39, 0.29) is 59.8 Å². The monoisotopic (exact) mass is 842 g/mol. The Morgan fingerprint density at radius 3 is 2.28 bits per heavy atom. The lowest BCUT2D eigenvalue weighted by molar-refractivity contribution is -0.143. The van der Waals surface area contributed by atoms with Crippen molar-refractivity contribution in [1.82, 2.24) is 20.0 Å². The molecule has 2 amide bonds. The number of likely N-dealkylation sites (N-methyl/N-ethyl adjacent to an activating group) is 1. The van der Waals surface area contributed by atoms with Gasteiger partial charge in [-0.2, -0.15) is 26.3 Å². The number of alkyl halides is 6. The van der Waals surface area contributed by atoms with Gasteiger partial charge in [0.05, 0.1) is 40.4 Å². The number of rotatable bonds is 12. The summed E-state index contributed by atoms with van der Waals surface area (Å²) < 4.78 is 95.1. The molecular formula is C41H46Cl2F6N4O4. The minimum atomic E-state index is -5.11. The maximum absolute atomic E-state index is 13.8. The molecule has 1 aliphatic carbocycles. The highest BCUT2D eigenvalue weighted by Gasteiger charge is 2.50. The van der Waals surface area contributed by atoms with Crippen LogP contribution in [0.25, 0.3) is 0 Å². The van der Waals surface area contributed by atoms with E-state index in [1.807, 2.05) is 19.2 Å². The van der Waals surface area contributed by atoms with Gasteiger partial charge >= 0.3 is 12.4 Å². The summed E-state index contributed by atoms with van der Waals surface area (Å²) in [5, 5.41) is 3.59. The van der Waals surface area contributed by atoms with Crippen molar-refractivity contribution in [3.63, 3.8) is 0 Å². The van der Waals surface area contributed by atoms with Crippen LogP contribution in [0.4, 0.5) is 26.3 Å². The molecule has 57 heavy (non-hydrogen) atoms. The second-order valence-electron chi connectivity index (χ2n) is 15.2. The number of hydrogen-bond donors (Lipinski definition) is 1. The molecule has 0 unspecified atom stereocenters. The summed E-state index contributed by atoms with van der Waals surface area (Å²) in [5.74, 6) is -1.05. The molecule has 0 aromatic heterocycles. The molecule has 0 radical (unpaired) electrons. The number of benzene rings is 3. The predicted molar refractivity (Wildman–Crippen MR) is 204 cm³/mol. The molecule has 2 saturated heterocycles.